The number of benzene rings is 2. The van der Waals surface area contributed by atoms with Gasteiger partial charge >= 0.3 is 5.97 Å². The van der Waals surface area contributed by atoms with Crippen molar-refractivity contribution in [1.29, 1.82) is 0 Å². The molecular weight excluding hydrogens is 396 g/mol. The van der Waals surface area contributed by atoms with Gasteiger partial charge < -0.3 is 14.2 Å². The topological polar surface area (TPSA) is 44.8 Å². The zero-order chi connectivity index (χ0) is 16.9. The number of rotatable bonds is 5. The van der Waals surface area contributed by atoms with E-state index in [2.05, 4.69) is 15.9 Å². The van der Waals surface area contributed by atoms with Crippen LogP contribution in [0.1, 0.15) is 23.2 Å². The van der Waals surface area contributed by atoms with Crippen LogP contribution in [-0.2, 0) is 4.74 Å². The zero-order valence-corrected chi connectivity index (χ0v) is 15.2. The maximum Gasteiger partial charge on any atom is 0.343 e. The summed E-state index contributed by atoms with van der Waals surface area (Å²) in [7, 11) is 0. The van der Waals surface area contributed by atoms with Gasteiger partial charge in [-0.1, -0.05) is 27.5 Å². The highest BCUT2D eigenvalue weighted by atomic mass is 79.9. The van der Waals surface area contributed by atoms with E-state index in [1.165, 1.54) is 0 Å². The summed E-state index contributed by atoms with van der Waals surface area (Å²) in [6.45, 7) is 1.33. The molecule has 0 amide bonds. The number of esters is 1. The van der Waals surface area contributed by atoms with Crippen LogP contribution in [0.3, 0.4) is 0 Å². The lowest BCUT2D eigenvalue weighted by Crippen LogP contribution is -2.16. The molecule has 0 aliphatic carbocycles. The van der Waals surface area contributed by atoms with Gasteiger partial charge in [-0.15, -0.1) is 0 Å². The van der Waals surface area contributed by atoms with Gasteiger partial charge in [0.2, 0.25) is 0 Å². The van der Waals surface area contributed by atoms with Crippen LogP contribution < -0.4 is 9.47 Å². The fraction of sp³-hybridized carbons (Fsp3) is 0.278. The second kappa shape index (κ2) is 8.01. The molecule has 1 atom stereocenters. The molecule has 2 aromatic carbocycles. The van der Waals surface area contributed by atoms with Gasteiger partial charge in [-0.05, 0) is 55.3 Å². The molecule has 1 aliphatic rings. The van der Waals surface area contributed by atoms with E-state index >= 15 is 0 Å². The highest BCUT2D eigenvalue weighted by Gasteiger charge is 2.16. The van der Waals surface area contributed by atoms with Gasteiger partial charge in [0, 0.05) is 11.1 Å². The first-order chi connectivity index (χ1) is 11.6. The van der Waals surface area contributed by atoms with E-state index < -0.39 is 5.97 Å². The van der Waals surface area contributed by atoms with Gasteiger partial charge in [-0.3, -0.25) is 0 Å². The molecule has 0 aromatic heterocycles. The molecule has 1 fully saturated rings. The summed E-state index contributed by atoms with van der Waals surface area (Å²) in [4.78, 5) is 12.2. The minimum absolute atomic E-state index is 0.161. The lowest BCUT2D eigenvalue weighted by molar-refractivity contribution is 0.0678. The highest BCUT2D eigenvalue weighted by Crippen LogP contribution is 2.28. The van der Waals surface area contributed by atoms with E-state index in [4.69, 9.17) is 25.8 Å². The summed E-state index contributed by atoms with van der Waals surface area (Å²) in [6, 6.07) is 11.9. The number of carbonyl (C=O) groups is 1. The second-order valence-electron chi connectivity index (χ2n) is 5.43. The average Bonchev–Trinajstić information content (AvgIpc) is 3.09. The van der Waals surface area contributed by atoms with Crippen molar-refractivity contribution in [3.63, 3.8) is 0 Å². The Bertz CT molecular complexity index is 711. The largest absolute Gasteiger partial charge is 0.491 e. The fourth-order valence-electron chi connectivity index (χ4n) is 2.37. The minimum Gasteiger partial charge on any atom is -0.491 e. The van der Waals surface area contributed by atoms with Crippen LogP contribution in [0.5, 0.6) is 11.5 Å². The van der Waals surface area contributed by atoms with Crippen LogP contribution in [0.15, 0.2) is 46.9 Å². The number of hydrogen-bond donors (Lipinski definition) is 0. The Labute approximate surface area is 153 Å². The normalized spacial score (nSPS) is 16.8. The molecule has 1 heterocycles. The van der Waals surface area contributed by atoms with Crippen LogP contribution >= 0.6 is 27.5 Å². The number of carbonyl (C=O) groups excluding carboxylic acids is 1. The van der Waals surface area contributed by atoms with Crippen LogP contribution in [-0.4, -0.2) is 25.3 Å². The van der Waals surface area contributed by atoms with Gasteiger partial charge in [0.25, 0.3) is 0 Å². The van der Waals surface area contributed by atoms with E-state index in [9.17, 15) is 4.79 Å². The zero-order valence-electron chi connectivity index (χ0n) is 12.8. The molecular formula is C18H16BrClO4. The predicted molar refractivity (Wildman–Crippen MR) is 95.0 cm³/mol. The molecule has 2 aromatic rings. The summed E-state index contributed by atoms with van der Waals surface area (Å²) >= 11 is 9.36. The first-order valence-corrected chi connectivity index (χ1v) is 8.80. The molecule has 1 aliphatic heterocycles. The van der Waals surface area contributed by atoms with Gasteiger partial charge in [0.15, 0.2) is 0 Å². The summed E-state index contributed by atoms with van der Waals surface area (Å²) < 4.78 is 17.3. The van der Waals surface area contributed by atoms with Crippen LogP contribution in [0.2, 0.25) is 5.02 Å². The predicted octanol–water partition coefficient (Wildman–Crippen LogP) is 4.88. The minimum atomic E-state index is -0.468. The van der Waals surface area contributed by atoms with Crippen LogP contribution in [0.4, 0.5) is 0 Å². The van der Waals surface area contributed by atoms with Crippen molar-refractivity contribution >= 4 is 33.5 Å². The van der Waals surface area contributed by atoms with E-state index in [1.807, 2.05) is 0 Å². The van der Waals surface area contributed by atoms with Crippen molar-refractivity contribution in [3.8, 4) is 11.5 Å². The number of hydrogen-bond acceptors (Lipinski definition) is 4. The van der Waals surface area contributed by atoms with Crippen molar-refractivity contribution in [1.82, 2.24) is 0 Å². The summed E-state index contributed by atoms with van der Waals surface area (Å²) in [6.07, 6.45) is 2.27. The molecule has 0 N–H and O–H groups in total. The number of halogens is 2. The smallest absolute Gasteiger partial charge is 0.343 e. The maximum absolute atomic E-state index is 12.2. The second-order valence-corrected chi connectivity index (χ2v) is 6.76. The lowest BCUT2D eigenvalue weighted by Gasteiger charge is -2.11. The standard InChI is InChI=1S/C18H16BrClO4/c19-13-5-8-17(16(20)10-13)24-18(21)12-3-6-14(7-4-12)23-11-15-2-1-9-22-15/h3-8,10,15H,1-2,9,11H2. The molecule has 1 unspecified atom stereocenters. The third-order valence-electron chi connectivity index (χ3n) is 3.65. The Morgan fingerprint density at radius 2 is 2.04 bits per heavy atom. The van der Waals surface area contributed by atoms with Crippen LogP contribution in [0.25, 0.3) is 0 Å². The molecule has 3 rings (SSSR count). The third-order valence-corrected chi connectivity index (χ3v) is 4.44. The SMILES string of the molecule is O=C(Oc1ccc(Br)cc1Cl)c1ccc(OCC2CCCO2)cc1. The Kier molecular flexibility index (Phi) is 5.76. The van der Waals surface area contributed by atoms with Crippen molar-refractivity contribution in [2.24, 2.45) is 0 Å². The molecule has 126 valence electrons. The monoisotopic (exact) mass is 410 g/mol. The molecule has 0 spiro atoms. The van der Waals surface area contributed by atoms with Crippen molar-refractivity contribution in [2.75, 3.05) is 13.2 Å². The van der Waals surface area contributed by atoms with Gasteiger partial charge in [-0.25, -0.2) is 4.79 Å². The summed E-state index contributed by atoms with van der Waals surface area (Å²) in [5, 5.41) is 0.370. The van der Waals surface area contributed by atoms with Gasteiger partial charge in [0.05, 0.1) is 16.7 Å². The Morgan fingerprint density at radius 1 is 1.25 bits per heavy atom. The summed E-state index contributed by atoms with van der Waals surface area (Å²) in [5.74, 6) is 0.553. The maximum atomic E-state index is 12.2. The van der Waals surface area contributed by atoms with Crippen molar-refractivity contribution < 1.29 is 19.0 Å². The number of ether oxygens (including phenoxy) is 3. The summed E-state index contributed by atoms with van der Waals surface area (Å²) in [5.41, 5.74) is 0.429. The molecule has 0 saturated carbocycles. The van der Waals surface area contributed by atoms with E-state index in [-0.39, 0.29) is 6.10 Å². The highest BCUT2D eigenvalue weighted by molar-refractivity contribution is 9.10. The molecule has 0 radical (unpaired) electrons. The van der Waals surface area contributed by atoms with Crippen molar-refractivity contribution in [3.05, 3.63) is 57.5 Å². The Balaban J connectivity index is 1.58. The van der Waals surface area contributed by atoms with Crippen LogP contribution in [0, 0.1) is 0 Å². The third kappa shape index (κ3) is 4.50. The average molecular weight is 412 g/mol. The Morgan fingerprint density at radius 3 is 2.71 bits per heavy atom. The molecule has 4 nitrogen and oxygen atoms in total. The molecule has 0 bridgehead atoms. The van der Waals surface area contributed by atoms with E-state index in [0.717, 1.165) is 23.9 Å². The van der Waals surface area contributed by atoms with E-state index in [1.54, 1.807) is 42.5 Å². The quantitative estimate of drug-likeness (QED) is 0.519. The Hall–Kier alpha value is -1.56. The lowest BCUT2D eigenvalue weighted by atomic mass is 10.2. The fourth-order valence-corrected chi connectivity index (χ4v) is 3.08. The van der Waals surface area contributed by atoms with E-state index in [0.29, 0.717) is 28.7 Å². The first kappa shape index (κ1) is 17.3. The molecule has 1 saturated heterocycles. The van der Waals surface area contributed by atoms with Crippen molar-refractivity contribution in [2.45, 2.75) is 18.9 Å². The molecule has 24 heavy (non-hydrogen) atoms. The molecule has 6 heteroatoms. The van der Waals surface area contributed by atoms with Gasteiger partial charge in [-0.2, -0.15) is 0 Å². The first-order valence-electron chi connectivity index (χ1n) is 7.63. The van der Waals surface area contributed by atoms with Gasteiger partial charge in [0.1, 0.15) is 18.1 Å².